The molecule has 24 heavy (non-hydrogen) atoms. The van der Waals surface area contributed by atoms with E-state index in [0.29, 0.717) is 5.56 Å². The number of amides is 2. The van der Waals surface area contributed by atoms with Gasteiger partial charge in [0.05, 0.1) is 5.60 Å². The Hall–Kier alpha value is -1.88. The van der Waals surface area contributed by atoms with Crippen LogP contribution in [0.5, 0.6) is 0 Å². The summed E-state index contributed by atoms with van der Waals surface area (Å²) in [5, 5.41) is 10.8. The minimum Gasteiger partial charge on any atom is -0.387 e. The van der Waals surface area contributed by atoms with E-state index in [1.165, 1.54) is 0 Å². The van der Waals surface area contributed by atoms with E-state index < -0.39 is 17.3 Å². The molecule has 0 bridgehead atoms. The smallest absolute Gasteiger partial charge is 0.256 e. The van der Waals surface area contributed by atoms with Crippen molar-refractivity contribution >= 4 is 11.8 Å². The molecule has 1 aliphatic heterocycles. The molecule has 2 amide bonds. The second-order valence-electron chi connectivity index (χ2n) is 8.33. The third-order valence-corrected chi connectivity index (χ3v) is 5.04. The highest BCUT2D eigenvalue weighted by Gasteiger charge is 2.64. The van der Waals surface area contributed by atoms with Crippen molar-refractivity contribution in [1.82, 2.24) is 9.80 Å². The SMILES string of the molecule is CN1C(=O)C(C)(C(C)(C)O)N(C(=O)c2ccccc2)C1C(C)(C)C. The Morgan fingerprint density at radius 1 is 1.12 bits per heavy atom. The number of hydrogen-bond acceptors (Lipinski definition) is 3. The lowest BCUT2D eigenvalue weighted by Gasteiger charge is -2.45. The van der Waals surface area contributed by atoms with E-state index in [-0.39, 0.29) is 17.2 Å². The van der Waals surface area contributed by atoms with Gasteiger partial charge in [0.15, 0.2) is 0 Å². The Balaban J connectivity index is 2.67. The fourth-order valence-electron chi connectivity index (χ4n) is 3.53. The van der Waals surface area contributed by atoms with E-state index in [9.17, 15) is 14.7 Å². The fraction of sp³-hybridized carbons (Fsp3) is 0.579. The van der Waals surface area contributed by atoms with Crippen molar-refractivity contribution in [2.75, 3.05) is 7.05 Å². The van der Waals surface area contributed by atoms with Crippen LogP contribution in [0.4, 0.5) is 0 Å². The highest BCUT2D eigenvalue weighted by atomic mass is 16.3. The van der Waals surface area contributed by atoms with Crippen molar-refractivity contribution in [3.8, 4) is 0 Å². The monoisotopic (exact) mass is 332 g/mol. The lowest BCUT2D eigenvalue weighted by atomic mass is 9.81. The molecule has 0 spiro atoms. The predicted octanol–water partition coefficient (Wildman–Crippen LogP) is 2.50. The van der Waals surface area contributed by atoms with E-state index in [2.05, 4.69) is 0 Å². The molecule has 2 rings (SSSR count). The lowest BCUT2D eigenvalue weighted by Crippen LogP contribution is -2.64. The van der Waals surface area contributed by atoms with Crippen LogP contribution in [0.25, 0.3) is 0 Å². The molecule has 2 atom stereocenters. The summed E-state index contributed by atoms with van der Waals surface area (Å²) in [6, 6.07) is 8.89. The Labute approximate surface area is 144 Å². The van der Waals surface area contributed by atoms with Crippen LogP contribution >= 0.6 is 0 Å². The van der Waals surface area contributed by atoms with Crippen LogP contribution in [0.2, 0.25) is 0 Å². The molecule has 0 radical (unpaired) electrons. The van der Waals surface area contributed by atoms with E-state index in [1.54, 1.807) is 61.9 Å². The first-order valence-corrected chi connectivity index (χ1v) is 8.22. The average Bonchev–Trinajstić information content (AvgIpc) is 2.69. The van der Waals surface area contributed by atoms with Crippen molar-refractivity contribution in [1.29, 1.82) is 0 Å². The van der Waals surface area contributed by atoms with Gasteiger partial charge in [-0.2, -0.15) is 0 Å². The predicted molar refractivity (Wildman–Crippen MR) is 93.3 cm³/mol. The summed E-state index contributed by atoms with van der Waals surface area (Å²) in [4.78, 5) is 29.5. The zero-order valence-corrected chi connectivity index (χ0v) is 15.6. The molecule has 5 nitrogen and oxygen atoms in total. The molecule has 5 heteroatoms. The fourth-order valence-corrected chi connectivity index (χ4v) is 3.53. The molecule has 132 valence electrons. The minimum atomic E-state index is -1.39. The van der Waals surface area contributed by atoms with Crippen LogP contribution in [0.3, 0.4) is 0 Å². The molecule has 1 saturated heterocycles. The molecule has 1 aromatic rings. The number of likely N-dealkylation sites (N-methyl/N-ethyl adjacent to an activating group) is 1. The van der Waals surface area contributed by atoms with E-state index in [4.69, 9.17) is 0 Å². The maximum atomic E-state index is 13.3. The van der Waals surface area contributed by atoms with Crippen LogP contribution in [-0.2, 0) is 4.79 Å². The van der Waals surface area contributed by atoms with Crippen LogP contribution < -0.4 is 0 Å². The quantitative estimate of drug-likeness (QED) is 0.905. The average molecular weight is 332 g/mol. The van der Waals surface area contributed by atoms with Gasteiger partial charge in [0.2, 0.25) is 0 Å². The molecular weight excluding hydrogens is 304 g/mol. The normalized spacial score (nSPS) is 25.3. The molecule has 1 heterocycles. The molecule has 1 N–H and O–H groups in total. The van der Waals surface area contributed by atoms with E-state index >= 15 is 0 Å². The Morgan fingerprint density at radius 3 is 2.04 bits per heavy atom. The topological polar surface area (TPSA) is 60.9 Å². The van der Waals surface area contributed by atoms with E-state index in [0.717, 1.165) is 0 Å². The summed E-state index contributed by atoms with van der Waals surface area (Å²) in [7, 11) is 1.69. The summed E-state index contributed by atoms with van der Waals surface area (Å²) in [5.74, 6) is -0.503. The van der Waals surface area contributed by atoms with Crippen molar-refractivity contribution in [3.05, 3.63) is 35.9 Å². The molecule has 1 aliphatic rings. The minimum absolute atomic E-state index is 0.251. The standard InChI is InChI=1S/C19H28N2O3/c1-17(2,3)15-20(7)16(23)19(6,18(4,5)24)21(15)14(22)13-11-9-8-10-12-13/h8-12,15,24H,1-7H3. The lowest BCUT2D eigenvalue weighted by molar-refractivity contribution is -0.142. The van der Waals surface area contributed by atoms with E-state index in [1.807, 2.05) is 26.8 Å². The van der Waals surface area contributed by atoms with Gasteiger partial charge in [-0.05, 0) is 32.9 Å². The number of benzene rings is 1. The van der Waals surface area contributed by atoms with Crippen molar-refractivity contribution in [2.24, 2.45) is 5.41 Å². The van der Waals surface area contributed by atoms with Gasteiger partial charge < -0.3 is 14.9 Å². The number of carbonyl (C=O) groups is 2. The van der Waals surface area contributed by atoms with Gasteiger partial charge >= 0.3 is 0 Å². The van der Waals surface area contributed by atoms with Crippen molar-refractivity contribution in [3.63, 3.8) is 0 Å². The van der Waals surface area contributed by atoms with Gasteiger partial charge in [0.1, 0.15) is 11.7 Å². The summed E-state index contributed by atoms with van der Waals surface area (Å²) in [6.07, 6.45) is -0.450. The summed E-state index contributed by atoms with van der Waals surface area (Å²) >= 11 is 0. The van der Waals surface area contributed by atoms with Gasteiger partial charge in [0.25, 0.3) is 11.8 Å². The Bertz CT molecular complexity index is 643. The maximum absolute atomic E-state index is 13.3. The Morgan fingerprint density at radius 2 is 1.62 bits per heavy atom. The van der Waals surface area contributed by atoms with Crippen LogP contribution in [-0.4, -0.2) is 51.1 Å². The van der Waals surface area contributed by atoms with Gasteiger partial charge in [-0.25, -0.2) is 0 Å². The molecule has 0 aliphatic carbocycles. The highest BCUT2D eigenvalue weighted by Crippen LogP contribution is 2.44. The third-order valence-electron chi connectivity index (χ3n) is 5.04. The molecule has 0 aromatic heterocycles. The maximum Gasteiger partial charge on any atom is 0.256 e. The van der Waals surface area contributed by atoms with Crippen LogP contribution in [0.1, 0.15) is 51.9 Å². The zero-order valence-electron chi connectivity index (χ0n) is 15.6. The summed E-state index contributed by atoms with van der Waals surface area (Å²) < 4.78 is 0. The number of nitrogens with zero attached hydrogens (tertiary/aromatic N) is 2. The largest absolute Gasteiger partial charge is 0.387 e. The third kappa shape index (κ3) is 2.61. The van der Waals surface area contributed by atoms with Crippen LogP contribution in [0.15, 0.2) is 30.3 Å². The first-order chi connectivity index (χ1) is 10.8. The zero-order chi connectivity index (χ0) is 18.5. The molecule has 1 fully saturated rings. The number of rotatable bonds is 2. The van der Waals surface area contributed by atoms with Gasteiger partial charge in [-0.1, -0.05) is 39.0 Å². The van der Waals surface area contributed by atoms with Gasteiger partial charge in [-0.3, -0.25) is 9.59 Å². The second kappa shape index (κ2) is 5.59. The first kappa shape index (κ1) is 18.5. The Kier molecular flexibility index (Phi) is 4.30. The number of hydrogen-bond donors (Lipinski definition) is 1. The van der Waals surface area contributed by atoms with Gasteiger partial charge in [-0.15, -0.1) is 0 Å². The second-order valence-corrected chi connectivity index (χ2v) is 8.33. The van der Waals surface area contributed by atoms with Crippen LogP contribution in [0, 0.1) is 5.41 Å². The van der Waals surface area contributed by atoms with Crippen molar-refractivity contribution < 1.29 is 14.7 Å². The number of aliphatic hydroxyl groups is 1. The molecule has 2 unspecified atom stereocenters. The molecular formula is C19H28N2O3. The summed E-state index contributed by atoms with van der Waals surface area (Å²) in [6.45, 7) is 10.8. The first-order valence-electron chi connectivity index (χ1n) is 8.22. The molecule has 1 aromatic carbocycles. The highest BCUT2D eigenvalue weighted by molar-refractivity contribution is 6.02. The summed E-state index contributed by atoms with van der Waals surface area (Å²) in [5.41, 5.74) is -2.59. The molecule has 0 saturated carbocycles. The number of carbonyl (C=O) groups excluding carboxylic acids is 2. The van der Waals surface area contributed by atoms with Crippen molar-refractivity contribution in [2.45, 2.75) is 58.8 Å². The van der Waals surface area contributed by atoms with Gasteiger partial charge in [0, 0.05) is 18.0 Å².